The van der Waals surface area contributed by atoms with Crippen LogP contribution in [0, 0.1) is 13.8 Å². The lowest BCUT2D eigenvalue weighted by molar-refractivity contribution is -0.136. The normalized spacial score (nSPS) is 10.8. The molecule has 0 fully saturated rings. The summed E-state index contributed by atoms with van der Waals surface area (Å²) in [7, 11) is 0. The minimum Gasteiger partial charge on any atom is -0.481 e. The van der Waals surface area contributed by atoms with Gasteiger partial charge >= 0.3 is 5.97 Å². The van der Waals surface area contributed by atoms with Crippen molar-refractivity contribution in [2.45, 2.75) is 30.4 Å². The Morgan fingerprint density at radius 3 is 2.80 bits per heavy atom. The number of halogens is 1. The maximum Gasteiger partial charge on any atom is 0.308 e. The number of thioether (sulfide) groups is 1. The van der Waals surface area contributed by atoms with Crippen LogP contribution in [0.4, 0.5) is 0 Å². The maximum absolute atomic E-state index is 10.7. The van der Waals surface area contributed by atoms with Crippen molar-refractivity contribution in [1.29, 1.82) is 0 Å². The summed E-state index contributed by atoms with van der Waals surface area (Å²) in [6.07, 6.45) is 0.0107. The first-order valence-electron chi connectivity index (χ1n) is 5.75. The average molecular weight is 330 g/mol. The molecule has 0 saturated carbocycles. The van der Waals surface area contributed by atoms with Gasteiger partial charge in [0.15, 0.2) is 4.34 Å². The Labute approximate surface area is 129 Å². The van der Waals surface area contributed by atoms with Gasteiger partial charge in [0.1, 0.15) is 11.0 Å². The molecule has 0 saturated heterocycles. The van der Waals surface area contributed by atoms with Crippen molar-refractivity contribution < 1.29 is 9.90 Å². The molecule has 5 nitrogen and oxygen atoms in total. The predicted octanol–water partition coefficient (Wildman–Crippen LogP) is 3.12. The lowest BCUT2D eigenvalue weighted by Gasteiger charge is -2.00. The van der Waals surface area contributed by atoms with Crippen molar-refractivity contribution in [2.24, 2.45) is 0 Å². The van der Waals surface area contributed by atoms with Gasteiger partial charge < -0.3 is 5.11 Å². The highest BCUT2D eigenvalue weighted by Gasteiger charge is 2.12. The van der Waals surface area contributed by atoms with E-state index in [0.29, 0.717) is 16.7 Å². The van der Waals surface area contributed by atoms with Crippen LogP contribution in [0.25, 0.3) is 0 Å². The van der Waals surface area contributed by atoms with Gasteiger partial charge in [0.25, 0.3) is 0 Å². The lowest BCUT2D eigenvalue weighted by atomic mass is 10.3. The van der Waals surface area contributed by atoms with Crippen molar-refractivity contribution in [3.8, 4) is 0 Å². The Kier molecular flexibility index (Phi) is 4.95. The summed E-state index contributed by atoms with van der Waals surface area (Å²) in [5, 5.41) is 9.23. The molecular formula is C12H12ClN3O2S2. The largest absolute Gasteiger partial charge is 0.481 e. The van der Waals surface area contributed by atoms with Gasteiger partial charge in [0.2, 0.25) is 0 Å². The standard InChI is InChI=1S/C12H12ClN3O2S2/c1-6-3-9(13)16-10(14-6)5-19-12-15-7(2)8(20-12)4-11(17)18/h3H,4-5H2,1-2H3,(H,17,18). The van der Waals surface area contributed by atoms with Gasteiger partial charge in [0.05, 0.1) is 17.9 Å². The predicted molar refractivity (Wildman–Crippen MR) is 79.5 cm³/mol. The molecule has 0 aromatic carbocycles. The molecule has 2 aromatic heterocycles. The molecule has 0 aliphatic heterocycles. The number of carboxylic acids is 1. The third-order valence-electron chi connectivity index (χ3n) is 2.38. The molecule has 1 N–H and O–H groups in total. The van der Waals surface area contributed by atoms with Gasteiger partial charge in [-0.05, 0) is 19.9 Å². The van der Waals surface area contributed by atoms with Crippen LogP contribution in [0.2, 0.25) is 5.15 Å². The number of aromatic nitrogens is 3. The van der Waals surface area contributed by atoms with Crippen molar-refractivity contribution in [1.82, 2.24) is 15.0 Å². The topological polar surface area (TPSA) is 76.0 Å². The Bertz CT molecular complexity index is 625. The van der Waals surface area contributed by atoms with Gasteiger partial charge in [0, 0.05) is 10.6 Å². The number of aryl methyl sites for hydroxylation is 2. The molecule has 0 radical (unpaired) electrons. The Morgan fingerprint density at radius 1 is 1.40 bits per heavy atom. The van der Waals surface area contributed by atoms with Crippen LogP contribution >= 0.6 is 34.7 Å². The SMILES string of the molecule is Cc1cc(Cl)nc(CSc2nc(C)c(CC(=O)O)s2)n1. The van der Waals surface area contributed by atoms with Crippen molar-refractivity contribution in [3.05, 3.63) is 33.3 Å². The molecule has 2 heterocycles. The molecule has 2 aromatic rings. The molecule has 0 amide bonds. The summed E-state index contributed by atoms with van der Waals surface area (Å²) >= 11 is 8.76. The first-order chi connectivity index (χ1) is 9.44. The number of nitrogens with zero attached hydrogens (tertiary/aromatic N) is 3. The monoisotopic (exact) mass is 329 g/mol. The van der Waals surface area contributed by atoms with E-state index in [-0.39, 0.29) is 6.42 Å². The highest BCUT2D eigenvalue weighted by Crippen LogP contribution is 2.29. The summed E-state index contributed by atoms with van der Waals surface area (Å²) in [5.74, 6) is 0.357. The zero-order valence-electron chi connectivity index (χ0n) is 10.9. The molecule has 0 atom stereocenters. The van der Waals surface area contributed by atoms with Crippen molar-refractivity contribution in [3.63, 3.8) is 0 Å². The fraction of sp³-hybridized carbons (Fsp3) is 0.333. The molecule has 0 aliphatic carbocycles. The number of aliphatic carboxylic acids is 1. The zero-order valence-corrected chi connectivity index (χ0v) is 13.3. The highest BCUT2D eigenvalue weighted by atomic mass is 35.5. The minimum absolute atomic E-state index is 0.0107. The van der Waals surface area contributed by atoms with Gasteiger partial charge in [-0.25, -0.2) is 15.0 Å². The second-order valence-electron chi connectivity index (χ2n) is 4.10. The van der Waals surface area contributed by atoms with E-state index in [0.717, 1.165) is 20.6 Å². The summed E-state index contributed by atoms with van der Waals surface area (Å²) in [6, 6.07) is 1.70. The molecule has 8 heteroatoms. The molecule has 0 spiro atoms. The molecule has 0 aliphatic rings. The Balaban J connectivity index is 2.05. The van der Waals surface area contributed by atoms with Gasteiger partial charge in [-0.1, -0.05) is 23.4 Å². The number of carbonyl (C=O) groups is 1. The second kappa shape index (κ2) is 6.51. The number of hydrogen-bond acceptors (Lipinski definition) is 6. The van der Waals surface area contributed by atoms with Gasteiger partial charge in [-0.3, -0.25) is 4.79 Å². The molecule has 0 bridgehead atoms. The van der Waals surface area contributed by atoms with E-state index in [2.05, 4.69) is 15.0 Å². The summed E-state index contributed by atoms with van der Waals surface area (Å²) in [6.45, 7) is 3.68. The fourth-order valence-corrected chi connectivity index (χ4v) is 3.88. The van der Waals surface area contributed by atoms with Crippen LogP contribution in [0.3, 0.4) is 0 Å². The van der Waals surface area contributed by atoms with E-state index in [1.165, 1.54) is 23.1 Å². The molecule has 106 valence electrons. The highest BCUT2D eigenvalue weighted by molar-refractivity contribution is 8.00. The first-order valence-corrected chi connectivity index (χ1v) is 7.93. The van der Waals surface area contributed by atoms with Gasteiger partial charge in [-0.15, -0.1) is 11.3 Å². The lowest BCUT2D eigenvalue weighted by Crippen LogP contribution is -1.99. The van der Waals surface area contributed by atoms with Crippen LogP contribution in [-0.2, 0) is 17.0 Å². The smallest absolute Gasteiger partial charge is 0.308 e. The summed E-state index contributed by atoms with van der Waals surface area (Å²) in [4.78, 5) is 24.3. The van der Waals surface area contributed by atoms with E-state index in [1.807, 2.05) is 13.8 Å². The number of rotatable bonds is 5. The number of hydrogen-bond donors (Lipinski definition) is 1. The quantitative estimate of drug-likeness (QED) is 0.671. The molecule has 0 unspecified atom stereocenters. The molecule has 20 heavy (non-hydrogen) atoms. The van der Waals surface area contributed by atoms with Gasteiger partial charge in [-0.2, -0.15) is 0 Å². The van der Waals surface area contributed by atoms with E-state index in [1.54, 1.807) is 6.07 Å². The Hall–Kier alpha value is -1.18. The van der Waals surface area contributed by atoms with Crippen LogP contribution < -0.4 is 0 Å². The van der Waals surface area contributed by atoms with E-state index in [4.69, 9.17) is 16.7 Å². The van der Waals surface area contributed by atoms with Crippen LogP contribution in [0.15, 0.2) is 10.4 Å². The third-order valence-corrected chi connectivity index (χ3v) is 4.87. The first kappa shape index (κ1) is 15.2. The van der Waals surface area contributed by atoms with Crippen LogP contribution in [-0.4, -0.2) is 26.0 Å². The fourth-order valence-electron chi connectivity index (χ4n) is 1.54. The molecule has 2 rings (SSSR count). The van der Waals surface area contributed by atoms with Crippen molar-refractivity contribution >= 4 is 40.7 Å². The summed E-state index contributed by atoms with van der Waals surface area (Å²) in [5.41, 5.74) is 1.59. The Morgan fingerprint density at radius 2 is 2.15 bits per heavy atom. The second-order valence-corrected chi connectivity index (χ2v) is 6.79. The van der Waals surface area contributed by atoms with E-state index >= 15 is 0 Å². The van der Waals surface area contributed by atoms with Crippen LogP contribution in [0.1, 0.15) is 22.1 Å². The number of carboxylic acid groups (broad SMARTS) is 1. The molecular weight excluding hydrogens is 318 g/mol. The minimum atomic E-state index is -0.845. The zero-order chi connectivity index (χ0) is 14.7. The average Bonchev–Trinajstić information content (AvgIpc) is 2.65. The third kappa shape index (κ3) is 4.16. The number of thiazole rings is 1. The van der Waals surface area contributed by atoms with Crippen LogP contribution in [0.5, 0.6) is 0 Å². The van der Waals surface area contributed by atoms with Crippen molar-refractivity contribution in [2.75, 3.05) is 0 Å². The summed E-state index contributed by atoms with van der Waals surface area (Å²) < 4.78 is 0.819. The maximum atomic E-state index is 10.7. The van der Waals surface area contributed by atoms with E-state index < -0.39 is 5.97 Å². The van der Waals surface area contributed by atoms with E-state index in [9.17, 15) is 4.79 Å².